The summed E-state index contributed by atoms with van der Waals surface area (Å²) in [6.07, 6.45) is 5.31. The van der Waals surface area contributed by atoms with Crippen LogP contribution in [0.25, 0.3) is 0 Å². The van der Waals surface area contributed by atoms with Gasteiger partial charge in [0.25, 0.3) is 0 Å². The van der Waals surface area contributed by atoms with Crippen LogP contribution in [0.15, 0.2) is 10.8 Å². The SMILES string of the molecule is CCCCN(CCCC)CC(C)=C(C)[SiH3]. The van der Waals surface area contributed by atoms with Crippen molar-refractivity contribution >= 4 is 10.2 Å². The van der Waals surface area contributed by atoms with Crippen LogP contribution in [0.5, 0.6) is 0 Å². The summed E-state index contributed by atoms with van der Waals surface area (Å²) in [5.74, 6) is 0. The molecule has 1 nitrogen and oxygen atoms in total. The highest BCUT2D eigenvalue weighted by Crippen LogP contribution is 2.06. The molecule has 0 amide bonds. The van der Waals surface area contributed by atoms with Gasteiger partial charge >= 0.3 is 0 Å². The summed E-state index contributed by atoms with van der Waals surface area (Å²) in [5.41, 5.74) is 1.61. The van der Waals surface area contributed by atoms with Gasteiger partial charge in [0.1, 0.15) is 0 Å². The molecule has 0 aromatic carbocycles. The number of rotatable bonds is 8. The number of hydrogen-bond acceptors (Lipinski definition) is 1. The Kier molecular flexibility index (Phi) is 9.11. The molecule has 0 aromatic rings. The Bertz CT molecular complexity index is 175. The minimum Gasteiger partial charge on any atom is -0.299 e. The molecule has 0 bridgehead atoms. The first-order valence-electron chi connectivity index (χ1n) is 6.47. The van der Waals surface area contributed by atoms with Crippen molar-refractivity contribution in [2.24, 2.45) is 0 Å². The molecule has 0 unspecified atom stereocenters. The maximum Gasteiger partial charge on any atom is 0.0329 e. The summed E-state index contributed by atoms with van der Waals surface area (Å²) < 4.78 is 0. The summed E-state index contributed by atoms with van der Waals surface area (Å²) in [7, 11) is 1.22. The molecule has 0 saturated heterocycles. The van der Waals surface area contributed by atoms with E-state index in [0.29, 0.717) is 0 Å². The van der Waals surface area contributed by atoms with Gasteiger partial charge in [0.2, 0.25) is 0 Å². The molecule has 15 heavy (non-hydrogen) atoms. The second kappa shape index (κ2) is 9.17. The van der Waals surface area contributed by atoms with E-state index in [1.165, 1.54) is 55.6 Å². The summed E-state index contributed by atoms with van der Waals surface area (Å²) in [5, 5.41) is 1.62. The molecule has 0 aliphatic carbocycles. The number of hydrogen-bond donors (Lipinski definition) is 0. The monoisotopic (exact) mass is 227 g/mol. The van der Waals surface area contributed by atoms with Gasteiger partial charge in [-0.3, -0.25) is 4.90 Å². The van der Waals surface area contributed by atoms with Crippen molar-refractivity contribution in [3.63, 3.8) is 0 Å². The lowest BCUT2D eigenvalue weighted by Crippen LogP contribution is -2.28. The predicted octanol–water partition coefficient (Wildman–Crippen LogP) is 2.55. The Morgan fingerprint density at radius 2 is 1.47 bits per heavy atom. The van der Waals surface area contributed by atoms with Crippen LogP contribution in [0.3, 0.4) is 0 Å². The third-order valence-corrected chi connectivity index (χ3v) is 3.82. The van der Waals surface area contributed by atoms with Crippen LogP contribution in [-0.4, -0.2) is 34.8 Å². The molecule has 0 aliphatic heterocycles. The standard InChI is InChI=1S/C13H29NSi/c1-5-7-9-14(10-8-6-2)11-12(3)13(4)15/h5-11H2,1-4,15H3. The van der Waals surface area contributed by atoms with Gasteiger partial charge in [-0.1, -0.05) is 37.5 Å². The third kappa shape index (κ3) is 7.80. The van der Waals surface area contributed by atoms with E-state index in [2.05, 4.69) is 32.6 Å². The first kappa shape index (κ1) is 14.9. The van der Waals surface area contributed by atoms with E-state index in [1.54, 1.807) is 10.8 Å². The van der Waals surface area contributed by atoms with Crippen molar-refractivity contribution in [1.29, 1.82) is 0 Å². The molecule has 0 heterocycles. The number of nitrogens with zero attached hydrogens (tertiary/aromatic N) is 1. The second-order valence-electron chi connectivity index (χ2n) is 4.76. The zero-order chi connectivity index (χ0) is 11.7. The maximum atomic E-state index is 2.63. The minimum absolute atomic E-state index is 1.20. The van der Waals surface area contributed by atoms with Gasteiger partial charge in [-0.05, 0) is 39.8 Å². The first-order valence-corrected chi connectivity index (χ1v) is 7.47. The van der Waals surface area contributed by atoms with E-state index in [1.807, 2.05) is 0 Å². The van der Waals surface area contributed by atoms with E-state index in [-0.39, 0.29) is 0 Å². The van der Waals surface area contributed by atoms with Gasteiger partial charge in [-0.25, -0.2) is 0 Å². The van der Waals surface area contributed by atoms with E-state index in [4.69, 9.17) is 0 Å². The smallest absolute Gasteiger partial charge is 0.0329 e. The van der Waals surface area contributed by atoms with Crippen molar-refractivity contribution in [2.75, 3.05) is 19.6 Å². The zero-order valence-corrected chi connectivity index (χ0v) is 13.4. The first-order chi connectivity index (χ1) is 7.11. The molecule has 2 heteroatoms. The predicted molar refractivity (Wildman–Crippen MR) is 74.6 cm³/mol. The molecule has 0 N–H and O–H groups in total. The fourth-order valence-corrected chi connectivity index (χ4v) is 1.68. The lowest BCUT2D eigenvalue weighted by atomic mass is 10.2. The molecule has 0 aromatic heterocycles. The Labute approximate surface area is 99.4 Å². The fourth-order valence-electron chi connectivity index (χ4n) is 1.53. The summed E-state index contributed by atoms with van der Waals surface area (Å²) in [6, 6.07) is 0. The minimum atomic E-state index is 1.20. The normalized spacial score (nSPS) is 13.4. The average Bonchev–Trinajstić information content (AvgIpc) is 2.21. The third-order valence-electron chi connectivity index (χ3n) is 2.97. The van der Waals surface area contributed by atoms with E-state index in [0.717, 1.165) is 0 Å². The van der Waals surface area contributed by atoms with Crippen molar-refractivity contribution in [2.45, 2.75) is 53.4 Å². The van der Waals surface area contributed by atoms with Crippen LogP contribution in [-0.2, 0) is 0 Å². The van der Waals surface area contributed by atoms with Gasteiger partial charge in [-0.2, -0.15) is 0 Å². The lowest BCUT2D eigenvalue weighted by Gasteiger charge is -2.23. The Hall–Kier alpha value is -0.0831. The Morgan fingerprint density at radius 1 is 1.00 bits per heavy atom. The molecule has 90 valence electrons. The fraction of sp³-hybridized carbons (Fsp3) is 0.846. The van der Waals surface area contributed by atoms with Gasteiger partial charge < -0.3 is 0 Å². The van der Waals surface area contributed by atoms with Crippen molar-refractivity contribution in [3.05, 3.63) is 10.8 Å². The highest BCUT2D eigenvalue weighted by molar-refractivity contribution is 6.21. The van der Waals surface area contributed by atoms with Crippen LogP contribution < -0.4 is 0 Å². The quantitative estimate of drug-likeness (QED) is 0.576. The van der Waals surface area contributed by atoms with Crippen LogP contribution in [0.2, 0.25) is 0 Å². The zero-order valence-electron chi connectivity index (χ0n) is 11.4. The molecule has 0 atom stereocenters. The molecular formula is C13H29NSi. The summed E-state index contributed by atoms with van der Waals surface area (Å²) in [6.45, 7) is 12.9. The van der Waals surface area contributed by atoms with Gasteiger partial charge in [-0.15, -0.1) is 0 Å². The van der Waals surface area contributed by atoms with Crippen molar-refractivity contribution in [3.8, 4) is 0 Å². The second-order valence-corrected chi connectivity index (χ2v) is 6.26. The molecule has 0 fully saturated rings. The largest absolute Gasteiger partial charge is 0.299 e. The van der Waals surface area contributed by atoms with Crippen molar-refractivity contribution < 1.29 is 0 Å². The van der Waals surface area contributed by atoms with Gasteiger partial charge in [0, 0.05) is 16.8 Å². The average molecular weight is 227 g/mol. The van der Waals surface area contributed by atoms with Crippen molar-refractivity contribution in [1.82, 2.24) is 4.90 Å². The summed E-state index contributed by atoms with van der Waals surface area (Å²) >= 11 is 0. The van der Waals surface area contributed by atoms with E-state index >= 15 is 0 Å². The van der Waals surface area contributed by atoms with Crippen LogP contribution >= 0.6 is 0 Å². The Morgan fingerprint density at radius 3 is 1.80 bits per heavy atom. The molecular weight excluding hydrogens is 198 g/mol. The van der Waals surface area contributed by atoms with Gasteiger partial charge in [0.05, 0.1) is 0 Å². The molecule has 0 aliphatic rings. The summed E-state index contributed by atoms with van der Waals surface area (Å²) in [4.78, 5) is 2.63. The van der Waals surface area contributed by atoms with Gasteiger partial charge in [0.15, 0.2) is 0 Å². The molecule has 0 radical (unpaired) electrons. The number of allylic oxidation sites excluding steroid dienone is 1. The topological polar surface area (TPSA) is 3.24 Å². The maximum absolute atomic E-state index is 2.63. The molecule has 0 saturated carbocycles. The molecule has 0 spiro atoms. The highest BCUT2D eigenvalue weighted by atomic mass is 28.1. The van der Waals surface area contributed by atoms with E-state index < -0.39 is 0 Å². The van der Waals surface area contributed by atoms with Crippen LogP contribution in [0.4, 0.5) is 0 Å². The van der Waals surface area contributed by atoms with Crippen LogP contribution in [0, 0.1) is 0 Å². The number of unbranched alkanes of at least 4 members (excludes halogenated alkanes) is 2. The molecule has 0 rings (SSSR count). The van der Waals surface area contributed by atoms with E-state index in [9.17, 15) is 0 Å². The van der Waals surface area contributed by atoms with Crippen LogP contribution in [0.1, 0.15) is 53.4 Å². The lowest BCUT2D eigenvalue weighted by molar-refractivity contribution is 0.286. The highest BCUT2D eigenvalue weighted by Gasteiger charge is 2.04. The Balaban J connectivity index is 4.05.